The fourth-order valence-electron chi connectivity index (χ4n) is 3.17. The Balaban J connectivity index is 2.09. The molecule has 1 aromatic heterocycles. The van der Waals surface area contributed by atoms with Crippen LogP contribution in [0.1, 0.15) is 15.9 Å². The van der Waals surface area contributed by atoms with Gasteiger partial charge in [-0.3, -0.25) is 4.79 Å². The second-order valence-electron chi connectivity index (χ2n) is 6.13. The number of benzene rings is 2. The van der Waals surface area contributed by atoms with E-state index in [4.69, 9.17) is 14.2 Å². The SMILES string of the molecule is COc1cc(/C=C(\C#N)C(=O)c2cn(C)c3ccccc23)cc(OC)c1OC. The van der Waals surface area contributed by atoms with E-state index in [1.807, 2.05) is 41.9 Å². The van der Waals surface area contributed by atoms with Gasteiger partial charge in [0, 0.05) is 29.7 Å². The van der Waals surface area contributed by atoms with Gasteiger partial charge in [0.25, 0.3) is 0 Å². The Morgan fingerprint density at radius 2 is 1.71 bits per heavy atom. The first kappa shape index (κ1) is 19.1. The predicted molar refractivity (Wildman–Crippen MR) is 107 cm³/mol. The topological polar surface area (TPSA) is 73.5 Å². The third-order valence-corrected chi connectivity index (χ3v) is 4.50. The van der Waals surface area contributed by atoms with Crippen LogP contribution in [0.5, 0.6) is 17.2 Å². The highest BCUT2D eigenvalue weighted by Crippen LogP contribution is 2.38. The van der Waals surface area contributed by atoms with Crippen LogP contribution in [0.4, 0.5) is 0 Å². The molecular weight excluding hydrogens is 356 g/mol. The van der Waals surface area contributed by atoms with Crippen molar-refractivity contribution in [3.05, 3.63) is 59.3 Å². The molecule has 142 valence electrons. The second-order valence-corrected chi connectivity index (χ2v) is 6.13. The number of nitrogens with zero attached hydrogens (tertiary/aromatic N) is 2. The lowest BCUT2D eigenvalue weighted by Crippen LogP contribution is -2.02. The molecule has 0 spiro atoms. The van der Waals surface area contributed by atoms with Crippen molar-refractivity contribution in [3.8, 4) is 23.3 Å². The minimum Gasteiger partial charge on any atom is -0.493 e. The molecule has 0 aliphatic carbocycles. The van der Waals surface area contributed by atoms with Crippen LogP contribution in [0.2, 0.25) is 0 Å². The number of Topliss-reactive ketones (excluding diaryl/α,β-unsaturated/α-hetero) is 1. The van der Waals surface area contributed by atoms with Gasteiger partial charge in [0.15, 0.2) is 11.5 Å². The zero-order chi connectivity index (χ0) is 20.3. The van der Waals surface area contributed by atoms with Gasteiger partial charge in [-0.15, -0.1) is 0 Å². The Hall–Kier alpha value is -3.72. The summed E-state index contributed by atoms with van der Waals surface area (Å²) in [5, 5.41) is 10.4. The van der Waals surface area contributed by atoms with Crippen molar-refractivity contribution in [1.29, 1.82) is 5.26 Å². The molecule has 6 nitrogen and oxygen atoms in total. The molecule has 3 aromatic rings. The van der Waals surface area contributed by atoms with Gasteiger partial charge in [-0.05, 0) is 29.8 Å². The number of para-hydroxylation sites is 1. The molecule has 0 radical (unpaired) electrons. The smallest absolute Gasteiger partial charge is 0.205 e. The van der Waals surface area contributed by atoms with Gasteiger partial charge in [-0.25, -0.2) is 0 Å². The zero-order valence-corrected chi connectivity index (χ0v) is 16.1. The number of aryl methyl sites for hydroxylation is 1. The van der Waals surface area contributed by atoms with Crippen LogP contribution in [0.15, 0.2) is 48.2 Å². The highest BCUT2D eigenvalue weighted by atomic mass is 16.5. The third kappa shape index (κ3) is 3.30. The number of hydrogen-bond donors (Lipinski definition) is 0. The molecule has 0 saturated carbocycles. The number of allylic oxidation sites excluding steroid dienone is 1. The Morgan fingerprint density at radius 3 is 2.29 bits per heavy atom. The molecule has 0 aliphatic rings. The summed E-state index contributed by atoms with van der Waals surface area (Å²) in [4.78, 5) is 13.0. The Labute approximate surface area is 163 Å². The number of nitriles is 1. The van der Waals surface area contributed by atoms with Gasteiger partial charge in [-0.1, -0.05) is 18.2 Å². The molecule has 1 heterocycles. The van der Waals surface area contributed by atoms with Crippen LogP contribution in [-0.2, 0) is 7.05 Å². The van der Waals surface area contributed by atoms with Gasteiger partial charge in [0.2, 0.25) is 11.5 Å². The quantitative estimate of drug-likeness (QED) is 0.369. The van der Waals surface area contributed by atoms with Gasteiger partial charge < -0.3 is 18.8 Å². The number of carbonyl (C=O) groups excluding carboxylic acids is 1. The monoisotopic (exact) mass is 376 g/mol. The Kier molecular flexibility index (Phi) is 5.37. The van der Waals surface area contributed by atoms with Crippen LogP contribution >= 0.6 is 0 Å². The van der Waals surface area contributed by atoms with Gasteiger partial charge in [0.1, 0.15) is 11.6 Å². The molecule has 0 fully saturated rings. The van der Waals surface area contributed by atoms with E-state index in [2.05, 4.69) is 0 Å². The third-order valence-electron chi connectivity index (χ3n) is 4.50. The van der Waals surface area contributed by atoms with E-state index >= 15 is 0 Å². The molecule has 0 N–H and O–H groups in total. The number of ether oxygens (including phenoxy) is 3. The molecule has 0 unspecified atom stereocenters. The summed E-state index contributed by atoms with van der Waals surface area (Å²) in [6.45, 7) is 0. The van der Waals surface area contributed by atoms with Gasteiger partial charge in [-0.2, -0.15) is 5.26 Å². The second kappa shape index (κ2) is 7.89. The van der Waals surface area contributed by atoms with Crippen molar-refractivity contribution < 1.29 is 19.0 Å². The van der Waals surface area contributed by atoms with Gasteiger partial charge in [0.05, 0.1) is 21.3 Å². The van der Waals surface area contributed by atoms with Gasteiger partial charge >= 0.3 is 0 Å². The van der Waals surface area contributed by atoms with Crippen molar-refractivity contribution in [2.75, 3.05) is 21.3 Å². The molecule has 28 heavy (non-hydrogen) atoms. The number of rotatable bonds is 6. The summed E-state index contributed by atoms with van der Waals surface area (Å²) in [7, 11) is 6.41. The zero-order valence-electron chi connectivity index (χ0n) is 16.1. The minimum atomic E-state index is -0.340. The first-order valence-electron chi connectivity index (χ1n) is 8.54. The molecule has 0 saturated heterocycles. The summed E-state index contributed by atoms with van der Waals surface area (Å²) >= 11 is 0. The minimum absolute atomic E-state index is 0.0191. The lowest BCUT2D eigenvalue weighted by molar-refractivity contribution is 0.104. The molecule has 0 aliphatic heterocycles. The van der Waals surface area contributed by atoms with Crippen LogP contribution in [-0.4, -0.2) is 31.7 Å². The number of methoxy groups -OCH3 is 3. The number of fused-ring (bicyclic) bond motifs is 1. The lowest BCUT2D eigenvalue weighted by atomic mass is 10.0. The van der Waals surface area contributed by atoms with E-state index in [-0.39, 0.29) is 11.4 Å². The summed E-state index contributed by atoms with van der Waals surface area (Å²) in [6.07, 6.45) is 3.27. The molecule has 0 bridgehead atoms. The van der Waals surface area contributed by atoms with E-state index in [9.17, 15) is 10.1 Å². The van der Waals surface area contributed by atoms with E-state index in [1.165, 1.54) is 27.4 Å². The molecular formula is C22H20N2O4. The highest BCUT2D eigenvalue weighted by Gasteiger charge is 2.19. The molecule has 0 amide bonds. The number of carbonyl (C=O) groups is 1. The Morgan fingerprint density at radius 1 is 1.07 bits per heavy atom. The number of hydrogen-bond acceptors (Lipinski definition) is 5. The van der Waals surface area contributed by atoms with Crippen molar-refractivity contribution in [2.45, 2.75) is 0 Å². The maximum absolute atomic E-state index is 13.0. The summed E-state index contributed by atoms with van der Waals surface area (Å²) < 4.78 is 17.8. The summed E-state index contributed by atoms with van der Waals surface area (Å²) in [5.41, 5.74) is 2.03. The van der Waals surface area contributed by atoms with E-state index in [0.717, 1.165) is 10.9 Å². The number of ketones is 1. The van der Waals surface area contributed by atoms with Crippen LogP contribution in [0.3, 0.4) is 0 Å². The first-order valence-corrected chi connectivity index (χ1v) is 8.54. The molecule has 0 atom stereocenters. The standard InChI is InChI=1S/C22H20N2O4/c1-24-13-17(16-7-5-6-8-18(16)24)21(25)15(12-23)9-14-10-19(26-2)22(28-4)20(11-14)27-3/h5-11,13H,1-4H3/b15-9+. The average molecular weight is 376 g/mol. The van der Waals surface area contributed by atoms with E-state index < -0.39 is 0 Å². The maximum atomic E-state index is 13.0. The molecule has 2 aromatic carbocycles. The van der Waals surface area contributed by atoms with Crippen molar-refractivity contribution in [3.63, 3.8) is 0 Å². The summed E-state index contributed by atoms with van der Waals surface area (Å²) in [5.74, 6) is 1.00. The average Bonchev–Trinajstić information content (AvgIpc) is 3.07. The van der Waals surface area contributed by atoms with Crippen LogP contribution in [0.25, 0.3) is 17.0 Å². The van der Waals surface area contributed by atoms with E-state index in [0.29, 0.717) is 28.4 Å². The van der Waals surface area contributed by atoms with E-state index in [1.54, 1.807) is 18.3 Å². The van der Waals surface area contributed by atoms with Crippen molar-refractivity contribution in [2.24, 2.45) is 7.05 Å². The van der Waals surface area contributed by atoms with Crippen LogP contribution < -0.4 is 14.2 Å². The summed E-state index contributed by atoms with van der Waals surface area (Å²) in [6, 6.07) is 13.0. The molecule has 3 rings (SSSR count). The predicted octanol–water partition coefficient (Wildman–Crippen LogP) is 3.99. The van der Waals surface area contributed by atoms with Crippen molar-refractivity contribution >= 4 is 22.8 Å². The fourth-order valence-corrected chi connectivity index (χ4v) is 3.17. The lowest BCUT2D eigenvalue weighted by Gasteiger charge is -2.13. The Bertz CT molecular complexity index is 1090. The highest BCUT2D eigenvalue weighted by molar-refractivity contribution is 6.20. The largest absolute Gasteiger partial charge is 0.493 e. The fraction of sp³-hybridized carbons (Fsp3) is 0.182. The maximum Gasteiger partial charge on any atom is 0.205 e. The van der Waals surface area contributed by atoms with Crippen LogP contribution in [0, 0.1) is 11.3 Å². The first-order chi connectivity index (χ1) is 13.5. The normalized spacial score (nSPS) is 11.2. The van der Waals surface area contributed by atoms with Crippen molar-refractivity contribution in [1.82, 2.24) is 4.57 Å². The molecule has 6 heteroatoms. The number of aromatic nitrogens is 1.